The van der Waals surface area contributed by atoms with Crippen molar-refractivity contribution < 1.29 is 4.79 Å². The third-order valence-electron chi connectivity index (χ3n) is 3.05. The van der Waals surface area contributed by atoms with Crippen LogP contribution in [0.5, 0.6) is 0 Å². The predicted molar refractivity (Wildman–Crippen MR) is 90.0 cm³/mol. The molecule has 0 aliphatic heterocycles. The first kappa shape index (κ1) is 14.5. The minimum Gasteiger partial charge on any atom is -0.331 e. The van der Waals surface area contributed by atoms with Crippen LogP contribution in [-0.2, 0) is 0 Å². The molecule has 0 radical (unpaired) electrons. The number of H-pyrrole nitrogens is 2. The van der Waals surface area contributed by atoms with Crippen molar-refractivity contribution in [1.29, 1.82) is 0 Å². The van der Waals surface area contributed by atoms with Crippen molar-refractivity contribution in [1.82, 2.24) is 15.4 Å². The molecule has 0 fully saturated rings. The summed E-state index contributed by atoms with van der Waals surface area (Å²) in [6.45, 7) is 0. The second-order valence-electron chi connectivity index (χ2n) is 4.56. The highest BCUT2D eigenvalue weighted by atomic mass is 35.5. The zero-order valence-corrected chi connectivity index (χ0v) is 12.8. The summed E-state index contributed by atoms with van der Waals surface area (Å²) in [6.07, 6.45) is 1.50. The fourth-order valence-corrected chi connectivity index (χ4v) is 2.38. The molecule has 3 aromatic rings. The van der Waals surface area contributed by atoms with Gasteiger partial charge in [-0.05, 0) is 36.5 Å². The molecule has 7 heteroatoms. The van der Waals surface area contributed by atoms with Crippen LogP contribution in [0.15, 0.2) is 47.6 Å². The normalized spacial score (nSPS) is 11.1. The Morgan fingerprint density at radius 1 is 1.18 bits per heavy atom. The van der Waals surface area contributed by atoms with E-state index in [1.165, 1.54) is 6.21 Å². The van der Waals surface area contributed by atoms with Gasteiger partial charge in [-0.1, -0.05) is 29.8 Å². The molecule has 0 spiro atoms. The van der Waals surface area contributed by atoms with E-state index in [0.717, 1.165) is 16.6 Å². The van der Waals surface area contributed by atoms with E-state index >= 15 is 0 Å². The Hall–Kier alpha value is -2.44. The highest BCUT2D eigenvalue weighted by Gasteiger charge is 2.06. The molecule has 2 aromatic carbocycles. The summed E-state index contributed by atoms with van der Waals surface area (Å²) in [5.41, 5.74) is 5.30. The van der Waals surface area contributed by atoms with Crippen molar-refractivity contribution in [3.8, 4) is 0 Å². The van der Waals surface area contributed by atoms with Crippen molar-refractivity contribution in [2.75, 3.05) is 0 Å². The molecule has 1 aromatic heterocycles. The highest BCUT2D eigenvalue weighted by molar-refractivity contribution is 7.71. The molecule has 0 saturated heterocycles. The summed E-state index contributed by atoms with van der Waals surface area (Å²) >= 11 is 11.0. The Labute approximate surface area is 136 Å². The molecule has 0 aliphatic carbocycles. The lowest BCUT2D eigenvalue weighted by Gasteiger charge is -2.00. The van der Waals surface area contributed by atoms with Gasteiger partial charge >= 0.3 is 0 Å². The maximum atomic E-state index is 12.1. The van der Waals surface area contributed by atoms with Crippen molar-refractivity contribution in [2.45, 2.75) is 0 Å². The fraction of sp³-hybridized carbons (Fsp3) is 0. The van der Waals surface area contributed by atoms with E-state index in [1.807, 2.05) is 18.2 Å². The number of fused-ring (bicyclic) bond motifs is 1. The van der Waals surface area contributed by atoms with Gasteiger partial charge in [-0.25, -0.2) is 5.43 Å². The summed E-state index contributed by atoms with van der Waals surface area (Å²) in [5, 5.41) is 4.49. The van der Waals surface area contributed by atoms with Crippen LogP contribution in [0, 0.1) is 4.77 Å². The van der Waals surface area contributed by atoms with Crippen LogP contribution in [0.25, 0.3) is 11.0 Å². The minimum atomic E-state index is -0.314. The number of nitrogens with one attached hydrogen (secondary N) is 3. The molecular formula is C15H11ClN4OS. The number of hydrazone groups is 1. The molecule has 0 bridgehead atoms. The number of halogens is 1. The monoisotopic (exact) mass is 330 g/mol. The maximum Gasteiger partial charge on any atom is 0.271 e. The van der Waals surface area contributed by atoms with Gasteiger partial charge in [-0.15, -0.1) is 0 Å². The molecule has 3 N–H and O–H groups in total. The Kier molecular flexibility index (Phi) is 4.04. The molecule has 0 saturated carbocycles. The van der Waals surface area contributed by atoms with E-state index in [2.05, 4.69) is 20.5 Å². The average molecular weight is 331 g/mol. The number of amides is 1. The fourth-order valence-electron chi connectivity index (χ4n) is 1.98. The summed E-state index contributed by atoms with van der Waals surface area (Å²) in [5.74, 6) is -0.314. The molecule has 0 atom stereocenters. The Morgan fingerprint density at radius 3 is 2.77 bits per heavy atom. The van der Waals surface area contributed by atoms with E-state index in [1.54, 1.807) is 24.3 Å². The largest absolute Gasteiger partial charge is 0.331 e. The lowest BCUT2D eigenvalue weighted by molar-refractivity contribution is 0.0955. The molecular weight excluding hydrogens is 320 g/mol. The van der Waals surface area contributed by atoms with Crippen LogP contribution in [-0.4, -0.2) is 22.1 Å². The predicted octanol–water partition coefficient (Wildman–Crippen LogP) is 3.64. The zero-order chi connectivity index (χ0) is 15.5. The number of hydrogen-bond acceptors (Lipinski definition) is 3. The number of aromatic nitrogens is 2. The lowest BCUT2D eigenvalue weighted by Crippen LogP contribution is -2.17. The van der Waals surface area contributed by atoms with Crippen LogP contribution in [0.3, 0.4) is 0 Å². The van der Waals surface area contributed by atoms with E-state index in [-0.39, 0.29) is 5.91 Å². The first-order chi connectivity index (χ1) is 10.6. The number of hydrogen-bond donors (Lipinski definition) is 3. The molecule has 1 amide bonds. The van der Waals surface area contributed by atoms with Gasteiger partial charge in [0.2, 0.25) is 0 Å². The maximum absolute atomic E-state index is 12.1. The quantitative estimate of drug-likeness (QED) is 0.389. The number of imidazole rings is 1. The van der Waals surface area contributed by atoms with Gasteiger partial charge in [-0.3, -0.25) is 4.79 Å². The third kappa shape index (κ3) is 3.08. The smallest absolute Gasteiger partial charge is 0.271 e. The molecule has 0 unspecified atom stereocenters. The molecule has 5 nitrogen and oxygen atoms in total. The second kappa shape index (κ2) is 6.13. The van der Waals surface area contributed by atoms with Crippen LogP contribution in [0.2, 0.25) is 5.02 Å². The SMILES string of the molecule is O=C(N/N=C\c1ccccc1Cl)c1ccc2[nH]c(=S)[nH]c2c1. The van der Waals surface area contributed by atoms with Gasteiger partial charge in [0, 0.05) is 16.1 Å². The number of aromatic amines is 2. The van der Waals surface area contributed by atoms with Gasteiger partial charge in [0.15, 0.2) is 4.77 Å². The topological polar surface area (TPSA) is 73.0 Å². The molecule has 110 valence electrons. The molecule has 0 aliphatic rings. The van der Waals surface area contributed by atoms with Gasteiger partial charge in [0.05, 0.1) is 17.2 Å². The molecule has 1 heterocycles. The van der Waals surface area contributed by atoms with Crippen molar-refractivity contribution >= 4 is 47.0 Å². The summed E-state index contributed by atoms with van der Waals surface area (Å²) in [4.78, 5) is 18.0. The van der Waals surface area contributed by atoms with Crippen LogP contribution >= 0.6 is 23.8 Å². The summed E-state index contributed by atoms with van der Waals surface area (Å²) < 4.78 is 0.518. The average Bonchev–Trinajstić information content (AvgIpc) is 2.88. The standard InChI is InChI=1S/C15H11ClN4OS/c16-11-4-2-1-3-10(11)8-17-20-14(21)9-5-6-12-13(7-9)19-15(22)18-12/h1-8H,(H,20,21)(H2,18,19,22)/b17-8-. The zero-order valence-electron chi connectivity index (χ0n) is 11.3. The lowest BCUT2D eigenvalue weighted by atomic mass is 10.2. The van der Waals surface area contributed by atoms with Crippen molar-refractivity contribution in [2.24, 2.45) is 5.10 Å². The summed E-state index contributed by atoms with van der Waals surface area (Å²) in [7, 11) is 0. The van der Waals surface area contributed by atoms with E-state index in [0.29, 0.717) is 15.4 Å². The minimum absolute atomic E-state index is 0.314. The Bertz CT molecular complexity index is 928. The van der Waals surface area contributed by atoms with Crippen LogP contribution < -0.4 is 5.43 Å². The van der Waals surface area contributed by atoms with Crippen LogP contribution in [0.4, 0.5) is 0 Å². The Morgan fingerprint density at radius 2 is 1.95 bits per heavy atom. The van der Waals surface area contributed by atoms with Gasteiger partial charge in [-0.2, -0.15) is 5.10 Å². The van der Waals surface area contributed by atoms with Gasteiger partial charge in [0.25, 0.3) is 5.91 Å². The second-order valence-corrected chi connectivity index (χ2v) is 5.38. The van der Waals surface area contributed by atoms with E-state index < -0.39 is 0 Å². The van der Waals surface area contributed by atoms with Gasteiger partial charge < -0.3 is 9.97 Å². The third-order valence-corrected chi connectivity index (χ3v) is 3.60. The molecule has 3 rings (SSSR count). The molecule has 22 heavy (non-hydrogen) atoms. The van der Waals surface area contributed by atoms with Crippen LogP contribution in [0.1, 0.15) is 15.9 Å². The Balaban J connectivity index is 1.75. The first-order valence-electron chi connectivity index (χ1n) is 6.43. The summed E-state index contributed by atoms with van der Waals surface area (Å²) in [6, 6.07) is 12.4. The number of nitrogens with zero attached hydrogens (tertiary/aromatic N) is 1. The highest BCUT2D eigenvalue weighted by Crippen LogP contribution is 2.13. The number of rotatable bonds is 3. The van der Waals surface area contributed by atoms with E-state index in [9.17, 15) is 4.79 Å². The number of carbonyl (C=O) groups is 1. The number of carbonyl (C=O) groups excluding carboxylic acids is 1. The number of benzene rings is 2. The van der Waals surface area contributed by atoms with Crippen molar-refractivity contribution in [3.05, 3.63) is 63.4 Å². The van der Waals surface area contributed by atoms with E-state index in [4.69, 9.17) is 23.8 Å². The first-order valence-corrected chi connectivity index (χ1v) is 7.22. The van der Waals surface area contributed by atoms with Crippen molar-refractivity contribution in [3.63, 3.8) is 0 Å². The van der Waals surface area contributed by atoms with Gasteiger partial charge in [0.1, 0.15) is 0 Å².